The monoisotopic (exact) mass is 568 g/mol. The lowest BCUT2D eigenvalue weighted by atomic mass is 9.85. The third-order valence-electron chi connectivity index (χ3n) is 8.80. The van der Waals surface area contributed by atoms with E-state index < -0.39 is 17.4 Å². The summed E-state index contributed by atoms with van der Waals surface area (Å²) in [5.74, 6) is -2.71. The van der Waals surface area contributed by atoms with E-state index in [4.69, 9.17) is 4.74 Å². The van der Waals surface area contributed by atoms with Crippen molar-refractivity contribution in [3.05, 3.63) is 65.7 Å². The molecule has 0 radical (unpaired) electrons. The molecule has 3 fully saturated rings. The minimum absolute atomic E-state index is 0.164. The highest BCUT2D eigenvalue weighted by molar-refractivity contribution is 6.07. The van der Waals surface area contributed by atoms with E-state index in [9.17, 15) is 23.2 Å². The number of nitrogens with zero attached hydrogens (tertiary/aromatic N) is 2. The van der Waals surface area contributed by atoms with Gasteiger partial charge < -0.3 is 20.3 Å². The Morgan fingerprint density at radius 3 is 2.32 bits per heavy atom. The van der Waals surface area contributed by atoms with Crippen molar-refractivity contribution in [2.45, 2.75) is 69.0 Å². The molecule has 0 aromatic heterocycles. The number of piperidine rings is 1. The number of imide groups is 1. The molecule has 2 saturated heterocycles. The van der Waals surface area contributed by atoms with Crippen LogP contribution in [0.5, 0.6) is 5.75 Å². The van der Waals surface area contributed by atoms with Gasteiger partial charge in [-0.05, 0) is 55.4 Å². The Kier molecular flexibility index (Phi) is 8.58. The summed E-state index contributed by atoms with van der Waals surface area (Å²) in [7, 11) is 1.59. The molecule has 1 saturated carbocycles. The number of benzene rings is 2. The molecular formula is C31H38F2N4O4. The highest BCUT2D eigenvalue weighted by Crippen LogP contribution is 2.37. The van der Waals surface area contributed by atoms with E-state index in [1.54, 1.807) is 19.2 Å². The number of ether oxygens (including phenoxy) is 1. The van der Waals surface area contributed by atoms with Gasteiger partial charge in [0.1, 0.15) is 11.3 Å². The molecule has 1 spiro atoms. The van der Waals surface area contributed by atoms with Crippen LogP contribution >= 0.6 is 0 Å². The van der Waals surface area contributed by atoms with Crippen molar-refractivity contribution >= 4 is 17.8 Å². The summed E-state index contributed by atoms with van der Waals surface area (Å²) in [6.45, 7) is 2.17. The number of carbonyl (C=O) groups excluding carboxylic acids is 3. The number of hydrogen-bond acceptors (Lipinski definition) is 5. The zero-order chi connectivity index (χ0) is 29.0. The predicted octanol–water partition coefficient (Wildman–Crippen LogP) is 4.65. The molecule has 5 rings (SSSR count). The van der Waals surface area contributed by atoms with E-state index in [1.807, 2.05) is 42.5 Å². The zero-order valence-corrected chi connectivity index (χ0v) is 23.4. The molecule has 3 aliphatic rings. The van der Waals surface area contributed by atoms with Crippen LogP contribution in [0.3, 0.4) is 0 Å². The van der Waals surface area contributed by atoms with E-state index in [1.165, 1.54) is 4.90 Å². The van der Waals surface area contributed by atoms with Gasteiger partial charge in [-0.3, -0.25) is 14.5 Å². The van der Waals surface area contributed by atoms with Gasteiger partial charge in [0.25, 0.3) is 5.91 Å². The van der Waals surface area contributed by atoms with Crippen molar-refractivity contribution in [2.24, 2.45) is 5.92 Å². The van der Waals surface area contributed by atoms with Crippen molar-refractivity contribution in [2.75, 3.05) is 26.7 Å². The van der Waals surface area contributed by atoms with Crippen molar-refractivity contribution in [1.82, 2.24) is 20.4 Å². The van der Waals surface area contributed by atoms with Gasteiger partial charge in [0.15, 0.2) is 0 Å². The van der Waals surface area contributed by atoms with E-state index in [2.05, 4.69) is 15.5 Å². The number of rotatable bonds is 9. The topological polar surface area (TPSA) is 91.0 Å². The van der Waals surface area contributed by atoms with E-state index in [-0.39, 0.29) is 56.1 Å². The Hall–Kier alpha value is -3.53. The first-order valence-corrected chi connectivity index (χ1v) is 14.4. The minimum atomic E-state index is -2.67. The van der Waals surface area contributed by atoms with Crippen molar-refractivity contribution in [1.29, 1.82) is 0 Å². The fourth-order valence-electron chi connectivity index (χ4n) is 6.14. The summed E-state index contributed by atoms with van der Waals surface area (Å²) in [5.41, 5.74) is 0.929. The number of urea groups is 1. The van der Waals surface area contributed by atoms with Crippen LogP contribution in [0.25, 0.3) is 0 Å². The average molecular weight is 569 g/mol. The molecule has 0 unspecified atom stereocenters. The summed E-state index contributed by atoms with van der Waals surface area (Å²) in [4.78, 5) is 42.7. The molecule has 1 atom stereocenters. The number of nitrogens with one attached hydrogen (secondary N) is 2. The molecule has 4 amide bonds. The van der Waals surface area contributed by atoms with Crippen LogP contribution in [0.2, 0.25) is 0 Å². The first kappa shape index (κ1) is 29.0. The predicted molar refractivity (Wildman–Crippen MR) is 149 cm³/mol. The lowest BCUT2D eigenvalue weighted by Gasteiger charge is -2.38. The summed E-state index contributed by atoms with van der Waals surface area (Å²) in [6.07, 6.45) is 1.57. The van der Waals surface area contributed by atoms with Crippen LogP contribution in [-0.4, -0.2) is 65.9 Å². The van der Waals surface area contributed by atoms with Crippen LogP contribution in [-0.2, 0) is 16.1 Å². The molecule has 2 aliphatic heterocycles. The highest BCUT2D eigenvalue weighted by atomic mass is 19.3. The van der Waals surface area contributed by atoms with Crippen LogP contribution in [0, 0.1) is 5.92 Å². The largest absolute Gasteiger partial charge is 0.497 e. The maximum atomic E-state index is 13.6. The minimum Gasteiger partial charge on any atom is -0.497 e. The van der Waals surface area contributed by atoms with Gasteiger partial charge in [0, 0.05) is 38.4 Å². The first-order chi connectivity index (χ1) is 19.7. The molecule has 1 aliphatic carbocycles. The molecule has 2 heterocycles. The number of likely N-dealkylation sites (tertiary alicyclic amines) is 1. The standard InChI is InChI=1S/C31H38F2N4O4/c1-41-25-9-7-22(8-10-25)21-37-28(39)30(35-29(37)40)16-19-36(20-17-30)18-13-26(23-5-3-2-4-6-23)34-27(38)24-11-14-31(32,33)15-12-24/h2-10,24,26H,11-21H2,1H3,(H,34,38)(H,35,40)/t26-/m0/s1. The van der Waals surface area contributed by atoms with Gasteiger partial charge in [-0.15, -0.1) is 0 Å². The Balaban J connectivity index is 1.16. The summed E-state index contributed by atoms with van der Waals surface area (Å²) < 4.78 is 32.4. The normalized spacial score (nSPS) is 21.5. The van der Waals surface area contributed by atoms with Gasteiger partial charge in [0.2, 0.25) is 11.8 Å². The second-order valence-corrected chi connectivity index (χ2v) is 11.5. The maximum absolute atomic E-state index is 13.6. The number of amides is 4. The molecule has 41 heavy (non-hydrogen) atoms. The van der Waals surface area contributed by atoms with Crippen LogP contribution in [0.1, 0.15) is 62.1 Å². The average Bonchev–Trinajstić information content (AvgIpc) is 3.20. The smallest absolute Gasteiger partial charge is 0.325 e. The lowest BCUT2D eigenvalue weighted by Crippen LogP contribution is -2.55. The Bertz CT molecular complexity index is 1220. The third-order valence-corrected chi connectivity index (χ3v) is 8.80. The molecule has 2 N–H and O–H groups in total. The molecule has 10 heteroatoms. The molecule has 2 aromatic rings. The number of halogens is 2. The summed E-state index contributed by atoms with van der Waals surface area (Å²) in [6, 6.07) is 16.4. The number of alkyl halides is 2. The fraction of sp³-hybridized carbons (Fsp3) is 0.516. The molecule has 2 aromatic carbocycles. The number of methoxy groups -OCH3 is 1. The molecular weight excluding hydrogens is 530 g/mol. The van der Waals surface area contributed by atoms with Crippen molar-refractivity contribution in [3.63, 3.8) is 0 Å². The van der Waals surface area contributed by atoms with Gasteiger partial charge in [0.05, 0.1) is 19.7 Å². The van der Waals surface area contributed by atoms with Gasteiger partial charge in [-0.1, -0.05) is 42.5 Å². The summed E-state index contributed by atoms with van der Waals surface area (Å²) >= 11 is 0. The fourth-order valence-corrected chi connectivity index (χ4v) is 6.14. The van der Waals surface area contributed by atoms with Crippen LogP contribution < -0.4 is 15.4 Å². The van der Waals surface area contributed by atoms with Crippen LogP contribution in [0.4, 0.5) is 13.6 Å². The van der Waals surface area contributed by atoms with Crippen molar-refractivity contribution in [3.8, 4) is 5.75 Å². The molecule has 0 bridgehead atoms. The number of carbonyl (C=O) groups is 3. The first-order valence-electron chi connectivity index (χ1n) is 14.4. The third kappa shape index (κ3) is 6.69. The Labute approximate surface area is 239 Å². The summed E-state index contributed by atoms with van der Waals surface area (Å²) in [5, 5.41) is 6.10. The van der Waals surface area contributed by atoms with E-state index in [0.717, 1.165) is 11.1 Å². The lowest BCUT2D eigenvalue weighted by molar-refractivity contribution is -0.133. The maximum Gasteiger partial charge on any atom is 0.325 e. The Morgan fingerprint density at radius 2 is 1.68 bits per heavy atom. The second kappa shape index (κ2) is 12.1. The second-order valence-electron chi connectivity index (χ2n) is 11.5. The van der Waals surface area contributed by atoms with Gasteiger partial charge >= 0.3 is 6.03 Å². The van der Waals surface area contributed by atoms with Crippen LogP contribution in [0.15, 0.2) is 54.6 Å². The highest BCUT2D eigenvalue weighted by Gasteiger charge is 2.52. The zero-order valence-electron chi connectivity index (χ0n) is 23.4. The SMILES string of the molecule is COc1ccc(CN2C(=O)NC3(CCN(CC[C@H](NC(=O)C4CCC(F)(F)CC4)c4ccccc4)CC3)C2=O)cc1. The Morgan fingerprint density at radius 1 is 1.02 bits per heavy atom. The van der Waals surface area contributed by atoms with E-state index >= 15 is 0 Å². The molecule has 8 nitrogen and oxygen atoms in total. The van der Waals surface area contributed by atoms with Gasteiger partial charge in [-0.25, -0.2) is 13.6 Å². The molecule has 220 valence electrons. The van der Waals surface area contributed by atoms with E-state index in [0.29, 0.717) is 44.6 Å². The van der Waals surface area contributed by atoms with Gasteiger partial charge in [-0.2, -0.15) is 0 Å². The quantitative estimate of drug-likeness (QED) is 0.430. The number of hydrogen-bond donors (Lipinski definition) is 2. The van der Waals surface area contributed by atoms with Crippen molar-refractivity contribution < 1.29 is 27.9 Å².